The minimum absolute atomic E-state index is 0. The van der Waals surface area contributed by atoms with Crippen LogP contribution in [0.5, 0.6) is 0 Å². The summed E-state index contributed by atoms with van der Waals surface area (Å²) in [7, 11) is 0. The first-order valence-electron chi connectivity index (χ1n) is 7.93. The molecule has 0 radical (unpaired) electrons. The summed E-state index contributed by atoms with van der Waals surface area (Å²) in [6.45, 7) is 4.85. The monoisotopic (exact) mass is 339 g/mol. The van der Waals surface area contributed by atoms with E-state index in [4.69, 9.17) is 5.73 Å². The van der Waals surface area contributed by atoms with Gasteiger partial charge < -0.3 is 16.0 Å². The first kappa shape index (κ1) is 21.0. The molecule has 1 amide bonds. The van der Waals surface area contributed by atoms with Crippen LogP contribution in [0.15, 0.2) is 0 Å². The summed E-state index contributed by atoms with van der Waals surface area (Å²) in [6.07, 6.45) is 9.28. The van der Waals surface area contributed by atoms with Crippen molar-refractivity contribution in [1.29, 1.82) is 0 Å². The average molecular weight is 340 g/mol. The van der Waals surface area contributed by atoms with Crippen LogP contribution in [0, 0.1) is 5.41 Å². The Balaban J connectivity index is 0.00000200. The fourth-order valence-electron chi connectivity index (χ4n) is 3.52. The van der Waals surface area contributed by atoms with Crippen LogP contribution in [0.3, 0.4) is 0 Å². The van der Waals surface area contributed by atoms with Gasteiger partial charge in [0.15, 0.2) is 0 Å². The van der Waals surface area contributed by atoms with Crippen LogP contribution in [-0.4, -0.2) is 43.5 Å². The number of halogens is 2. The normalized spacial score (nSPS) is 21.2. The van der Waals surface area contributed by atoms with Gasteiger partial charge in [0, 0.05) is 19.5 Å². The first-order chi connectivity index (χ1) is 9.24. The predicted molar refractivity (Wildman–Crippen MR) is 92.4 cm³/mol. The Morgan fingerprint density at radius 1 is 1.05 bits per heavy atom. The molecule has 126 valence electrons. The summed E-state index contributed by atoms with van der Waals surface area (Å²) in [5.41, 5.74) is 6.02. The van der Waals surface area contributed by atoms with Crippen molar-refractivity contribution in [2.75, 3.05) is 32.7 Å². The molecule has 6 heteroatoms. The van der Waals surface area contributed by atoms with E-state index in [0.717, 1.165) is 25.9 Å². The smallest absolute Gasteiger partial charge is 0.220 e. The molecule has 0 atom stereocenters. The Kier molecular flexibility index (Phi) is 10.6. The van der Waals surface area contributed by atoms with Gasteiger partial charge in [0.25, 0.3) is 0 Å². The molecule has 2 rings (SSSR count). The molecule has 1 heterocycles. The van der Waals surface area contributed by atoms with Gasteiger partial charge in [0.1, 0.15) is 0 Å². The van der Waals surface area contributed by atoms with Crippen LogP contribution < -0.4 is 11.1 Å². The van der Waals surface area contributed by atoms with Crippen molar-refractivity contribution < 1.29 is 4.79 Å². The summed E-state index contributed by atoms with van der Waals surface area (Å²) >= 11 is 0. The van der Waals surface area contributed by atoms with E-state index in [2.05, 4.69) is 10.2 Å². The number of nitrogens with zero attached hydrogens (tertiary/aromatic N) is 1. The van der Waals surface area contributed by atoms with Crippen LogP contribution in [0.2, 0.25) is 0 Å². The fourth-order valence-corrected chi connectivity index (χ4v) is 3.52. The summed E-state index contributed by atoms with van der Waals surface area (Å²) in [5.74, 6) is 0.201. The van der Waals surface area contributed by atoms with Gasteiger partial charge in [-0.15, -0.1) is 24.8 Å². The molecule has 0 unspecified atom stereocenters. The minimum atomic E-state index is 0. The van der Waals surface area contributed by atoms with E-state index in [1.165, 1.54) is 45.2 Å². The van der Waals surface area contributed by atoms with Crippen LogP contribution >= 0.6 is 24.8 Å². The molecule has 1 aliphatic carbocycles. The molecule has 4 nitrogen and oxygen atoms in total. The highest BCUT2D eigenvalue weighted by Gasteiger charge is 2.32. The van der Waals surface area contributed by atoms with Crippen molar-refractivity contribution in [3.05, 3.63) is 0 Å². The largest absolute Gasteiger partial charge is 0.355 e. The van der Waals surface area contributed by atoms with E-state index in [0.29, 0.717) is 13.0 Å². The highest BCUT2D eigenvalue weighted by Crippen LogP contribution is 2.38. The van der Waals surface area contributed by atoms with Gasteiger partial charge in [-0.3, -0.25) is 4.79 Å². The van der Waals surface area contributed by atoms with Gasteiger partial charge in [-0.05, 0) is 50.7 Å². The van der Waals surface area contributed by atoms with Crippen LogP contribution in [-0.2, 0) is 4.79 Å². The highest BCUT2D eigenvalue weighted by atomic mass is 35.5. The summed E-state index contributed by atoms with van der Waals surface area (Å²) in [5, 5.41) is 3.08. The molecule has 0 aromatic rings. The zero-order chi connectivity index (χ0) is 13.6. The molecule has 0 bridgehead atoms. The van der Waals surface area contributed by atoms with Crippen LogP contribution in [0.1, 0.15) is 51.4 Å². The number of amides is 1. The maximum Gasteiger partial charge on any atom is 0.220 e. The van der Waals surface area contributed by atoms with Crippen molar-refractivity contribution in [1.82, 2.24) is 10.2 Å². The number of nitrogens with two attached hydrogens (primary N) is 1. The second kappa shape index (κ2) is 10.7. The number of carbonyl (C=O) groups excluding carboxylic acids is 1. The van der Waals surface area contributed by atoms with Crippen molar-refractivity contribution in [2.24, 2.45) is 11.1 Å². The lowest BCUT2D eigenvalue weighted by atomic mass is 9.71. The molecular formula is C15H31Cl2N3O. The molecule has 1 saturated carbocycles. The van der Waals surface area contributed by atoms with E-state index < -0.39 is 0 Å². The summed E-state index contributed by atoms with van der Waals surface area (Å²) < 4.78 is 0. The van der Waals surface area contributed by atoms with Gasteiger partial charge in [0.2, 0.25) is 5.91 Å². The summed E-state index contributed by atoms with van der Waals surface area (Å²) in [4.78, 5) is 14.5. The molecule has 2 fully saturated rings. The van der Waals surface area contributed by atoms with Gasteiger partial charge >= 0.3 is 0 Å². The third-order valence-corrected chi connectivity index (χ3v) is 4.83. The van der Waals surface area contributed by atoms with Crippen LogP contribution in [0.4, 0.5) is 0 Å². The van der Waals surface area contributed by atoms with E-state index in [-0.39, 0.29) is 36.1 Å². The number of carbonyl (C=O) groups is 1. The minimum Gasteiger partial charge on any atom is -0.355 e. The topological polar surface area (TPSA) is 58.4 Å². The van der Waals surface area contributed by atoms with Crippen molar-refractivity contribution in [3.63, 3.8) is 0 Å². The van der Waals surface area contributed by atoms with E-state index >= 15 is 0 Å². The van der Waals surface area contributed by atoms with Crippen molar-refractivity contribution in [2.45, 2.75) is 51.4 Å². The Bertz CT molecular complexity index is 291. The standard InChI is InChI=1S/C15H29N3O.2ClH/c16-13-15(6-2-1-3-7-15)12-14(19)17-8-11-18-9-4-5-10-18;;/h1-13,16H2,(H,17,19);2*1H. The molecule has 2 aliphatic rings. The Morgan fingerprint density at radius 2 is 1.67 bits per heavy atom. The molecule has 21 heavy (non-hydrogen) atoms. The Morgan fingerprint density at radius 3 is 2.24 bits per heavy atom. The zero-order valence-electron chi connectivity index (χ0n) is 12.9. The number of hydrogen-bond acceptors (Lipinski definition) is 3. The second-order valence-electron chi connectivity index (χ2n) is 6.34. The van der Waals surface area contributed by atoms with Gasteiger partial charge in [-0.25, -0.2) is 0 Å². The third-order valence-electron chi connectivity index (χ3n) is 4.83. The quantitative estimate of drug-likeness (QED) is 0.780. The number of hydrogen-bond donors (Lipinski definition) is 2. The molecular weight excluding hydrogens is 309 g/mol. The van der Waals surface area contributed by atoms with Gasteiger partial charge in [-0.2, -0.15) is 0 Å². The van der Waals surface area contributed by atoms with Gasteiger partial charge in [-0.1, -0.05) is 19.3 Å². The highest BCUT2D eigenvalue weighted by molar-refractivity contribution is 5.85. The first-order valence-corrected chi connectivity index (χ1v) is 7.93. The van der Waals surface area contributed by atoms with Crippen LogP contribution in [0.25, 0.3) is 0 Å². The number of nitrogens with one attached hydrogen (secondary N) is 1. The summed E-state index contributed by atoms with van der Waals surface area (Å²) in [6, 6.07) is 0. The van der Waals surface area contributed by atoms with E-state index in [9.17, 15) is 4.79 Å². The lowest BCUT2D eigenvalue weighted by Crippen LogP contribution is -2.40. The Labute approximate surface area is 141 Å². The number of likely N-dealkylation sites (tertiary alicyclic amines) is 1. The predicted octanol–water partition coefficient (Wildman–Crippen LogP) is 2.34. The molecule has 0 spiro atoms. The average Bonchev–Trinajstić information content (AvgIpc) is 2.93. The molecule has 0 aromatic heterocycles. The molecule has 3 N–H and O–H groups in total. The van der Waals surface area contributed by atoms with E-state index in [1.54, 1.807) is 0 Å². The second-order valence-corrected chi connectivity index (χ2v) is 6.34. The van der Waals surface area contributed by atoms with E-state index in [1.807, 2.05) is 0 Å². The lowest BCUT2D eigenvalue weighted by molar-refractivity contribution is -0.123. The fraction of sp³-hybridized carbons (Fsp3) is 0.933. The van der Waals surface area contributed by atoms with Crippen molar-refractivity contribution >= 4 is 30.7 Å². The molecule has 1 aliphatic heterocycles. The SMILES string of the molecule is Cl.Cl.NCC1(CC(=O)NCCN2CCCC2)CCCCC1. The van der Waals surface area contributed by atoms with Crippen molar-refractivity contribution in [3.8, 4) is 0 Å². The third kappa shape index (κ3) is 6.72. The zero-order valence-corrected chi connectivity index (χ0v) is 14.6. The number of rotatable bonds is 6. The maximum atomic E-state index is 12.1. The Hall–Kier alpha value is -0.0300. The molecule has 0 aromatic carbocycles. The maximum absolute atomic E-state index is 12.1. The molecule has 1 saturated heterocycles. The lowest BCUT2D eigenvalue weighted by Gasteiger charge is -2.35. The van der Waals surface area contributed by atoms with Gasteiger partial charge in [0.05, 0.1) is 0 Å².